The summed E-state index contributed by atoms with van der Waals surface area (Å²) in [7, 11) is 0. The Hall–Kier alpha value is -2.44. The maximum Gasteiger partial charge on any atom is 0.272 e. The number of aryl methyl sites for hydroxylation is 1. The van der Waals surface area contributed by atoms with Crippen molar-refractivity contribution in [3.8, 4) is 0 Å². The van der Waals surface area contributed by atoms with Gasteiger partial charge in [-0.1, -0.05) is 60.3 Å². The van der Waals surface area contributed by atoms with Gasteiger partial charge in [0.15, 0.2) is 5.16 Å². The Morgan fingerprint density at radius 1 is 1.04 bits per heavy atom. The number of aromatic nitrogens is 2. The van der Waals surface area contributed by atoms with E-state index in [9.17, 15) is 9.18 Å². The lowest BCUT2D eigenvalue weighted by molar-refractivity contribution is 0.595. The summed E-state index contributed by atoms with van der Waals surface area (Å²) in [5, 5.41) is 2.51. The van der Waals surface area contributed by atoms with E-state index in [1.807, 2.05) is 47.8 Å². The molecule has 4 aromatic rings. The standard InChI is InChI=1S/C21H17FN2OS2/c22-17-9-5-4-8-16(17)14-27-21-23-18-11-13-26-19(18)20(25)24(21)12-10-15-6-2-1-3-7-15/h1-9,11,13H,10,12,14H2. The average Bonchev–Trinajstić information content (AvgIpc) is 3.16. The average molecular weight is 397 g/mol. The zero-order chi connectivity index (χ0) is 18.6. The second-order valence-electron chi connectivity index (χ2n) is 6.10. The summed E-state index contributed by atoms with van der Waals surface area (Å²) in [6, 6.07) is 18.6. The first kappa shape index (κ1) is 17.9. The Morgan fingerprint density at radius 3 is 2.63 bits per heavy atom. The van der Waals surface area contributed by atoms with Gasteiger partial charge in [-0.2, -0.15) is 0 Å². The molecule has 0 aliphatic rings. The summed E-state index contributed by atoms with van der Waals surface area (Å²) in [4.78, 5) is 17.6. The van der Waals surface area contributed by atoms with Gasteiger partial charge in [-0.25, -0.2) is 9.37 Å². The number of thioether (sulfide) groups is 1. The molecule has 2 aromatic heterocycles. The molecule has 0 N–H and O–H groups in total. The van der Waals surface area contributed by atoms with Crippen molar-refractivity contribution in [1.82, 2.24) is 9.55 Å². The minimum atomic E-state index is -0.236. The van der Waals surface area contributed by atoms with Crippen LogP contribution < -0.4 is 5.56 Å². The van der Waals surface area contributed by atoms with Crippen molar-refractivity contribution in [3.05, 3.63) is 93.3 Å². The molecule has 0 spiro atoms. The fourth-order valence-electron chi connectivity index (χ4n) is 2.87. The Labute approximate surface area is 164 Å². The first-order chi connectivity index (χ1) is 13.2. The molecule has 4 rings (SSSR count). The molecule has 0 unspecified atom stereocenters. The van der Waals surface area contributed by atoms with E-state index in [4.69, 9.17) is 0 Å². The Kier molecular flexibility index (Phi) is 5.36. The lowest BCUT2D eigenvalue weighted by atomic mass is 10.1. The molecule has 0 saturated carbocycles. The highest BCUT2D eigenvalue weighted by molar-refractivity contribution is 7.98. The zero-order valence-corrected chi connectivity index (χ0v) is 16.1. The molecule has 0 amide bonds. The molecular formula is C21H17FN2OS2. The van der Waals surface area contributed by atoms with Gasteiger partial charge in [-0.05, 0) is 35.1 Å². The fourth-order valence-corrected chi connectivity index (χ4v) is 4.66. The number of thiophene rings is 1. The normalized spacial score (nSPS) is 11.1. The summed E-state index contributed by atoms with van der Waals surface area (Å²) in [5.74, 6) is 0.194. The van der Waals surface area contributed by atoms with E-state index in [1.54, 1.807) is 16.7 Å². The Morgan fingerprint density at radius 2 is 1.81 bits per heavy atom. The summed E-state index contributed by atoms with van der Waals surface area (Å²) in [6.45, 7) is 0.545. The van der Waals surface area contributed by atoms with E-state index in [-0.39, 0.29) is 11.4 Å². The van der Waals surface area contributed by atoms with E-state index in [0.717, 1.165) is 6.42 Å². The predicted molar refractivity (Wildman–Crippen MR) is 110 cm³/mol. The highest BCUT2D eigenvalue weighted by Crippen LogP contribution is 2.25. The SMILES string of the molecule is O=c1c2sccc2nc(SCc2ccccc2F)n1CCc1ccccc1. The van der Waals surface area contributed by atoms with Crippen LogP contribution in [0.4, 0.5) is 4.39 Å². The van der Waals surface area contributed by atoms with Crippen LogP contribution in [0.25, 0.3) is 10.2 Å². The lowest BCUT2D eigenvalue weighted by Gasteiger charge is -2.12. The molecule has 0 bridgehead atoms. The van der Waals surface area contributed by atoms with Crippen molar-refractivity contribution < 1.29 is 4.39 Å². The van der Waals surface area contributed by atoms with E-state index < -0.39 is 0 Å². The van der Waals surface area contributed by atoms with Gasteiger partial charge in [0.05, 0.1) is 5.52 Å². The van der Waals surface area contributed by atoms with E-state index in [0.29, 0.717) is 33.2 Å². The Bertz CT molecular complexity index is 1120. The summed E-state index contributed by atoms with van der Waals surface area (Å²) in [6.07, 6.45) is 0.743. The third-order valence-corrected chi connectivity index (χ3v) is 6.23. The van der Waals surface area contributed by atoms with Gasteiger partial charge in [0.1, 0.15) is 10.5 Å². The molecule has 0 aliphatic heterocycles. The van der Waals surface area contributed by atoms with Crippen molar-refractivity contribution in [2.75, 3.05) is 0 Å². The highest BCUT2D eigenvalue weighted by Gasteiger charge is 2.13. The van der Waals surface area contributed by atoms with Crippen molar-refractivity contribution in [2.24, 2.45) is 0 Å². The smallest absolute Gasteiger partial charge is 0.272 e. The van der Waals surface area contributed by atoms with Gasteiger partial charge in [0.2, 0.25) is 0 Å². The van der Waals surface area contributed by atoms with Crippen LogP contribution >= 0.6 is 23.1 Å². The van der Waals surface area contributed by atoms with Crippen molar-refractivity contribution in [3.63, 3.8) is 0 Å². The van der Waals surface area contributed by atoms with E-state index >= 15 is 0 Å². The quantitative estimate of drug-likeness (QED) is 0.335. The van der Waals surface area contributed by atoms with Gasteiger partial charge >= 0.3 is 0 Å². The number of benzene rings is 2. The molecule has 136 valence electrons. The number of hydrogen-bond acceptors (Lipinski definition) is 4. The number of rotatable bonds is 6. The summed E-state index contributed by atoms with van der Waals surface area (Å²) >= 11 is 2.81. The summed E-state index contributed by atoms with van der Waals surface area (Å²) in [5.41, 5.74) is 2.46. The van der Waals surface area contributed by atoms with Crippen LogP contribution in [0.5, 0.6) is 0 Å². The molecule has 0 radical (unpaired) electrons. The fraction of sp³-hybridized carbons (Fsp3) is 0.143. The van der Waals surface area contributed by atoms with Crippen LogP contribution in [0.1, 0.15) is 11.1 Å². The molecule has 6 heteroatoms. The number of nitrogens with zero attached hydrogens (tertiary/aromatic N) is 2. The third-order valence-electron chi connectivity index (χ3n) is 4.31. The number of fused-ring (bicyclic) bond motifs is 1. The number of hydrogen-bond donors (Lipinski definition) is 0. The molecule has 0 fully saturated rings. The van der Waals surface area contributed by atoms with Crippen LogP contribution in [0.15, 0.2) is 76.0 Å². The summed E-state index contributed by atoms with van der Waals surface area (Å²) < 4.78 is 16.3. The molecule has 2 heterocycles. The molecular weight excluding hydrogens is 379 g/mol. The predicted octanol–water partition coefficient (Wildman–Crippen LogP) is 5.13. The van der Waals surface area contributed by atoms with Gasteiger partial charge < -0.3 is 0 Å². The van der Waals surface area contributed by atoms with Crippen LogP contribution in [-0.4, -0.2) is 9.55 Å². The van der Waals surface area contributed by atoms with Crippen LogP contribution in [0.2, 0.25) is 0 Å². The molecule has 0 saturated heterocycles. The van der Waals surface area contributed by atoms with Crippen molar-refractivity contribution in [1.29, 1.82) is 0 Å². The van der Waals surface area contributed by atoms with E-state index in [1.165, 1.54) is 34.7 Å². The second kappa shape index (κ2) is 8.06. The molecule has 27 heavy (non-hydrogen) atoms. The van der Waals surface area contributed by atoms with Crippen LogP contribution in [0, 0.1) is 5.82 Å². The molecule has 0 aliphatic carbocycles. The minimum absolute atomic E-state index is 0.0260. The number of halogens is 1. The monoisotopic (exact) mass is 396 g/mol. The Balaban J connectivity index is 1.65. The van der Waals surface area contributed by atoms with Gasteiger partial charge in [-0.15, -0.1) is 11.3 Å². The first-order valence-corrected chi connectivity index (χ1v) is 10.5. The van der Waals surface area contributed by atoms with Crippen molar-refractivity contribution in [2.45, 2.75) is 23.9 Å². The third kappa shape index (κ3) is 3.96. The highest BCUT2D eigenvalue weighted by atomic mass is 32.2. The van der Waals surface area contributed by atoms with Crippen LogP contribution in [-0.2, 0) is 18.7 Å². The maximum absolute atomic E-state index is 13.9. The van der Waals surface area contributed by atoms with Crippen LogP contribution in [0.3, 0.4) is 0 Å². The molecule has 0 atom stereocenters. The molecule has 3 nitrogen and oxygen atoms in total. The minimum Gasteiger partial charge on any atom is -0.286 e. The van der Waals surface area contributed by atoms with Gasteiger partial charge in [0, 0.05) is 12.3 Å². The largest absolute Gasteiger partial charge is 0.286 e. The zero-order valence-electron chi connectivity index (χ0n) is 14.5. The molecule has 2 aromatic carbocycles. The van der Waals surface area contributed by atoms with Crippen molar-refractivity contribution >= 4 is 33.3 Å². The maximum atomic E-state index is 13.9. The van der Waals surface area contributed by atoms with Gasteiger partial charge in [0.25, 0.3) is 5.56 Å². The van der Waals surface area contributed by atoms with Gasteiger partial charge in [-0.3, -0.25) is 9.36 Å². The lowest BCUT2D eigenvalue weighted by Crippen LogP contribution is -2.23. The second-order valence-corrected chi connectivity index (χ2v) is 7.96. The van der Waals surface area contributed by atoms with E-state index in [2.05, 4.69) is 4.98 Å². The topological polar surface area (TPSA) is 34.9 Å². The first-order valence-electron chi connectivity index (χ1n) is 8.60.